The molecule has 1 aliphatic carbocycles. The van der Waals surface area contributed by atoms with Crippen LogP contribution in [0.1, 0.15) is 71.3 Å². The fourth-order valence-corrected chi connectivity index (χ4v) is 5.12. The monoisotopic (exact) mass is 440 g/mol. The van der Waals surface area contributed by atoms with Crippen LogP contribution in [0.4, 0.5) is 8.78 Å². The number of amides is 1. The van der Waals surface area contributed by atoms with E-state index in [0.717, 1.165) is 25.8 Å². The van der Waals surface area contributed by atoms with E-state index in [4.69, 9.17) is 11.6 Å². The Bertz CT molecular complexity index is 728. The van der Waals surface area contributed by atoms with Gasteiger partial charge in [-0.25, -0.2) is 8.78 Å². The zero-order valence-corrected chi connectivity index (χ0v) is 19.3. The molecule has 0 unspecified atom stereocenters. The maximum atomic E-state index is 15.4. The third-order valence-corrected chi connectivity index (χ3v) is 7.14. The molecule has 0 bridgehead atoms. The summed E-state index contributed by atoms with van der Waals surface area (Å²) in [6.45, 7) is 9.00. The summed E-state index contributed by atoms with van der Waals surface area (Å²) in [6.07, 6.45) is 4.65. The van der Waals surface area contributed by atoms with Gasteiger partial charge in [-0.15, -0.1) is 0 Å². The highest BCUT2D eigenvalue weighted by molar-refractivity contribution is 6.31. The number of likely N-dealkylation sites (tertiary alicyclic amines) is 1. The van der Waals surface area contributed by atoms with Gasteiger partial charge in [-0.3, -0.25) is 4.79 Å². The molecule has 1 saturated carbocycles. The van der Waals surface area contributed by atoms with Crippen LogP contribution < -0.4 is 5.32 Å². The number of carbonyl (C=O) groups is 1. The number of benzene rings is 1. The molecule has 0 spiro atoms. The minimum Gasteiger partial charge on any atom is -0.352 e. The molecule has 6 heteroatoms. The average molecular weight is 441 g/mol. The van der Waals surface area contributed by atoms with E-state index in [2.05, 4.69) is 31.0 Å². The van der Waals surface area contributed by atoms with Gasteiger partial charge in [-0.05, 0) is 56.2 Å². The lowest BCUT2D eigenvalue weighted by Crippen LogP contribution is -2.52. The molecule has 1 aromatic rings. The Morgan fingerprint density at radius 3 is 2.37 bits per heavy atom. The third-order valence-electron chi connectivity index (χ3n) is 6.83. The summed E-state index contributed by atoms with van der Waals surface area (Å²) >= 11 is 6.30. The second-order valence-electron chi connectivity index (χ2n) is 10.4. The lowest BCUT2D eigenvalue weighted by molar-refractivity contribution is -0.127. The van der Waals surface area contributed by atoms with Crippen LogP contribution in [0.5, 0.6) is 0 Å². The minimum atomic E-state index is -1.41. The Morgan fingerprint density at radius 1 is 1.17 bits per heavy atom. The molecule has 30 heavy (non-hydrogen) atoms. The number of halogens is 3. The van der Waals surface area contributed by atoms with E-state index in [-0.39, 0.29) is 28.5 Å². The first-order valence-electron chi connectivity index (χ1n) is 11.2. The SMILES string of the molecule is CC(C)(C)CCN1CCC(F)(CNC(=O)C2(c3c(F)cccc3Cl)CCCC2)CC1. The highest BCUT2D eigenvalue weighted by atomic mass is 35.5. The van der Waals surface area contributed by atoms with Crippen molar-refractivity contribution in [1.29, 1.82) is 0 Å². The fourth-order valence-electron chi connectivity index (χ4n) is 4.78. The summed E-state index contributed by atoms with van der Waals surface area (Å²) in [6, 6.07) is 4.52. The first-order chi connectivity index (χ1) is 14.0. The van der Waals surface area contributed by atoms with Crippen molar-refractivity contribution in [3.05, 3.63) is 34.6 Å². The van der Waals surface area contributed by atoms with Gasteiger partial charge in [0.2, 0.25) is 5.91 Å². The van der Waals surface area contributed by atoms with Gasteiger partial charge in [0.15, 0.2) is 0 Å². The molecule has 0 atom stereocenters. The van der Waals surface area contributed by atoms with Crippen LogP contribution >= 0.6 is 11.6 Å². The van der Waals surface area contributed by atoms with Crippen molar-refractivity contribution in [3.8, 4) is 0 Å². The van der Waals surface area contributed by atoms with E-state index in [0.29, 0.717) is 38.8 Å². The largest absolute Gasteiger partial charge is 0.352 e. The lowest BCUT2D eigenvalue weighted by Gasteiger charge is -2.38. The van der Waals surface area contributed by atoms with Gasteiger partial charge in [-0.1, -0.05) is 51.3 Å². The molecule has 3 rings (SSSR count). The number of nitrogens with zero attached hydrogens (tertiary/aromatic N) is 1. The fraction of sp³-hybridized carbons (Fsp3) is 0.708. The first-order valence-corrected chi connectivity index (χ1v) is 11.6. The second-order valence-corrected chi connectivity index (χ2v) is 10.8. The molecule has 1 aromatic carbocycles. The molecular weight excluding hydrogens is 406 g/mol. The van der Waals surface area contributed by atoms with Gasteiger partial charge in [-0.2, -0.15) is 0 Å². The zero-order valence-electron chi connectivity index (χ0n) is 18.5. The Hall–Kier alpha value is -1.20. The van der Waals surface area contributed by atoms with Crippen LogP contribution in [0.25, 0.3) is 0 Å². The number of alkyl halides is 1. The predicted octanol–water partition coefficient (Wildman–Crippen LogP) is 5.65. The van der Waals surface area contributed by atoms with Gasteiger partial charge in [0, 0.05) is 23.7 Å². The van der Waals surface area contributed by atoms with Gasteiger partial charge < -0.3 is 10.2 Å². The molecule has 3 nitrogen and oxygen atoms in total. The molecule has 0 radical (unpaired) electrons. The van der Waals surface area contributed by atoms with E-state index in [1.807, 2.05) is 0 Å². The Balaban J connectivity index is 1.62. The molecule has 168 valence electrons. The van der Waals surface area contributed by atoms with E-state index >= 15 is 4.39 Å². The molecule has 1 amide bonds. The number of carbonyl (C=O) groups excluding carboxylic acids is 1. The van der Waals surface area contributed by atoms with Crippen molar-refractivity contribution < 1.29 is 13.6 Å². The molecule has 1 saturated heterocycles. The first kappa shape index (κ1) is 23.5. The summed E-state index contributed by atoms with van der Waals surface area (Å²) in [5, 5.41) is 3.11. The summed E-state index contributed by atoms with van der Waals surface area (Å²) in [4.78, 5) is 15.5. The van der Waals surface area contributed by atoms with Gasteiger partial charge in [0.05, 0.1) is 12.0 Å². The molecular formula is C24H35ClF2N2O. The Kier molecular flexibility index (Phi) is 7.13. The Labute approximate surface area is 184 Å². The summed E-state index contributed by atoms with van der Waals surface area (Å²) in [5.41, 5.74) is -1.87. The van der Waals surface area contributed by atoms with Crippen LogP contribution in [0.2, 0.25) is 5.02 Å². The van der Waals surface area contributed by atoms with Crippen molar-refractivity contribution in [2.24, 2.45) is 5.41 Å². The standard InChI is InChI=1S/C24H35ClF2N2O/c1-22(2,3)11-14-29-15-12-23(27,13-16-29)17-28-21(30)24(9-4-5-10-24)20-18(25)7-6-8-19(20)26/h6-8H,4-5,9-17H2,1-3H3,(H,28,30). The maximum Gasteiger partial charge on any atom is 0.230 e. The highest BCUT2D eigenvalue weighted by Gasteiger charge is 2.46. The van der Waals surface area contributed by atoms with Gasteiger partial charge >= 0.3 is 0 Å². The lowest BCUT2D eigenvalue weighted by atomic mass is 9.77. The molecule has 2 aliphatic rings. The number of nitrogens with one attached hydrogen (secondary N) is 1. The molecule has 2 fully saturated rings. The normalized spacial score (nSPS) is 21.5. The number of hydrogen-bond donors (Lipinski definition) is 1. The second kappa shape index (κ2) is 9.12. The molecule has 1 aliphatic heterocycles. The van der Waals surface area contributed by atoms with Crippen LogP contribution in [0.3, 0.4) is 0 Å². The molecule has 1 heterocycles. The topological polar surface area (TPSA) is 32.3 Å². The van der Waals surface area contributed by atoms with E-state index in [1.54, 1.807) is 12.1 Å². The minimum absolute atomic E-state index is 0.0211. The van der Waals surface area contributed by atoms with Crippen molar-refractivity contribution in [3.63, 3.8) is 0 Å². The van der Waals surface area contributed by atoms with Crippen molar-refractivity contribution in [2.75, 3.05) is 26.2 Å². The van der Waals surface area contributed by atoms with E-state index in [1.165, 1.54) is 6.07 Å². The quantitative estimate of drug-likeness (QED) is 0.620. The maximum absolute atomic E-state index is 15.4. The highest BCUT2D eigenvalue weighted by Crippen LogP contribution is 2.45. The predicted molar refractivity (Wildman–Crippen MR) is 118 cm³/mol. The smallest absolute Gasteiger partial charge is 0.230 e. The number of piperidine rings is 1. The van der Waals surface area contributed by atoms with E-state index < -0.39 is 16.9 Å². The van der Waals surface area contributed by atoms with Gasteiger partial charge in [0.1, 0.15) is 11.5 Å². The van der Waals surface area contributed by atoms with Crippen LogP contribution in [0, 0.1) is 11.2 Å². The molecule has 1 N–H and O–H groups in total. The van der Waals surface area contributed by atoms with Crippen molar-refractivity contribution in [2.45, 2.75) is 76.8 Å². The summed E-state index contributed by atoms with van der Waals surface area (Å²) < 4.78 is 30.0. The average Bonchev–Trinajstić information content (AvgIpc) is 3.16. The third kappa shape index (κ3) is 5.34. The number of rotatable bonds is 6. The van der Waals surface area contributed by atoms with Crippen molar-refractivity contribution in [1.82, 2.24) is 10.2 Å². The summed E-state index contributed by atoms with van der Waals surface area (Å²) in [7, 11) is 0. The van der Waals surface area contributed by atoms with Crippen LogP contribution in [-0.2, 0) is 10.2 Å². The van der Waals surface area contributed by atoms with Crippen molar-refractivity contribution >= 4 is 17.5 Å². The van der Waals surface area contributed by atoms with E-state index in [9.17, 15) is 9.18 Å². The summed E-state index contributed by atoms with van der Waals surface area (Å²) in [5.74, 6) is -0.749. The zero-order chi connectivity index (χ0) is 22.0. The molecule has 0 aromatic heterocycles. The van der Waals surface area contributed by atoms with Crippen LogP contribution in [0.15, 0.2) is 18.2 Å². The van der Waals surface area contributed by atoms with Gasteiger partial charge in [0.25, 0.3) is 0 Å². The van der Waals surface area contributed by atoms with Crippen LogP contribution in [-0.4, -0.2) is 42.7 Å². The Morgan fingerprint density at radius 2 is 1.80 bits per heavy atom. The number of hydrogen-bond acceptors (Lipinski definition) is 2.